The predicted octanol–water partition coefficient (Wildman–Crippen LogP) is 6.68. The zero-order chi connectivity index (χ0) is 21.8. The van der Waals surface area contributed by atoms with E-state index in [1.54, 1.807) is 29.3 Å². The Morgan fingerprint density at radius 2 is 1.97 bits per heavy atom. The van der Waals surface area contributed by atoms with Crippen molar-refractivity contribution < 1.29 is 8.83 Å². The Hall–Kier alpha value is -2.84. The molecule has 0 saturated heterocycles. The number of benzene rings is 1. The molecule has 3 heterocycles. The number of thioether (sulfide) groups is 1. The largest absolute Gasteiger partial charge is 0.445 e. The summed E-state index contributed by atoms with van der Waals surface area (Å²) in [6, 6.07) is 9.88. The predicted molar refractivity (Wildman–Crippen MR) is 125 cm³/mol. The molecule has 0 radical (unpaired) electrons. The van der Waals surface area contributed by atoms with Gasteiger partial charge in [0.15, 0.2) is 5.13 Å². The van der Waals surface area contributed by atoms with E-state index in [0.717, 1.165) is 43.7 Å². The van der Waals surface area contributed by atoms with E-state index in [1.165, 1.54) is 0 Å². The molecule has 3 aromatic heterocycles. The molecule has 0 atom stereocenters. The standard InChI is InChI=1S/C23H24N4O2S2/c1-14(2)19-11-24-20(29-19)13-30-21-12-25-23(31-21)26-15(3)10-18-16(4)28-22(27-18)17-8-6-5-7-9-17/h5-9,11-12,14H,3,10,13H2,1-2,4H3,(H,25,26). The molecule has 4 rings (SSSR count). The number of nitrogens with zero attached hydrogens (tertiary/aromatic N) is 3. The topological polar surface area (TPSA) is 77.0 Å². The Morgan fingerprint density at radius 1 is 1.16 bits per heavy atom. The highest BCUT2D eigenvalue weighted by atomic mass is 32.2. The molecule has 31 heavy (non-hydrogen) atoms. The van der Waals surface area contributed by atoms with Gasteiger partial charge in [-0.1, -0.05) is 50.0 Å². The number of thiazole rings is 1. The molecule has 0 aliphatic rings. The van der Waals surface area contributed by atoms with Gasteiger partial charge in [-0.05, 0) is 19.1 Å². The van der Waals surface area contributed by atoms with E-state index in [-0.39, 0.29) is 0 Å². The second-order valence-electron chi connectivity index (χ2n) is 7.38. The lowest BCUT2D eigenvalue weighted by Gasteiger charge is -2.04. The van der Waals surface area contributed by atoms with E-state index in [2.05, 4.69) is 40.7 Å². The molecule has 0 aliphatic heterocycles. The van der Waals surface area contributed by atoms with Gasteiger partial charge in [0.05, 0.1) is 28.0 Å². The molecular weight excluding hydrogens is 428 g/mol. The molecule has 4 aromatic rings. The zero-order valence-electron chi connectivity index (χ0n) is 17.7. The van der Waals surface area contributed by atoms with Crippen LogP contribution in [0.3, 0.4) is 0 Å². The highest BCUT2D eigenvalue weighted by Gasteiger charge is 2.14. The number of hydrogen-bond acceptors (Lipinski definition) is 8. The fourth-order valence-corrected chi connectivity index (χ4v) is 4.64. The number of oxazole rings is 2. The maximum Gasteiger partial charge on any atom is 0.226 e. The lowest BCUT2D eigenvalue weighted by molar-refractivity contribution is 0.454. The SMILES string of the molecule is C=C(Cc1nc(-c2ccccc2)oc1C)Nc1ncc(SCc2ncc(C(C)C)o2)s1. The first-order valence-electron chi connectivity index (χ1n) is 9.97. The number of aromatic nitrogens is 3. The van der Waals surface area contributed by atoms with Crippen molar-refractivity contribution in [2.24, 2.45) is 0 Å². The first-order valence-corrected chi connectivity index (χ1v) is 11.8. The summed E-state index contributed by atoms with van der Waals surface area (Å²) < 4.78 is 12.7. The minimum absolute atomic E-state index is 0.341. The van der Waals surface area contributed by atoms with Crippen LogP contribution in [0.2, 0.25) is 0 Å². The quantitative estimate of drug-likeness (QED) is 0.284. The molecule has 160 valence electrons. The third-order valence-electron chi connectivity index (χ3n) is 4.54. The highest BCUT2D eigenvalue weighted by Crippen LogP contribution is 2.32. The molecule has 0 unspecified atom stereocenters. The summed E-state index contributed by atoms with van der Waals surface area (Å²) in [4.78, 5) is 13.4. The monoisotopic (exact) mass is 452 g/mol. The van der Waals surface area contributed by atoms with Crippen LogP contribution in [-0.2, 0) is 12.2 Å². The number of anilines is 1. The van der Waals surface area contributed by atoms with Crippen molar-refractivity contribution in [1.82, 2.24) is 15.0 Å². The van der Waals surface area contributed by atoms with E-state index < -0.39 is 0 Å². The van der Waals surface area contributed by atoms with Crippen molar-refractivity contribution in [3.63, 3.8) is 0 Å². The first kappa shape index (κ1) is 21.4. The van der Waals surface area contributed by atoms with Gasteiger partial charge < -0.3 is 14.2 Å². The Morgan fingerprint density at radius 3 is 2.71 bits per heavy atom. The van der Waals surface area contributed by atoms with Gasteiger partial charge >= 0.3 is 0 Å². The van der Waals surface area contributed by atoms with Gasteiger partial charge in [-0.3, -0.25) is 0 Å². The Kier molecular flexibility index (Phi) is 6.58. The summed E-state index contributed by atoms with van der Waals surface area (Å²) in [7, 11) is 0. The van der Waals surface area contributed by atoms with Crippen LogP contribution in [0.5, 0.6) is 0 Å². The van der Waals surface area contributed by atoms with E-state index in [9.17, 15) is 0 Å². The van der Waals surface area contributed by atoms with Crippen molar-refractivity contribution in [3.05, 3.63) is 78.1 Å². The van der Waals surface area contributed by atoms with Crippen molar-refractivity contribution in [2.75, 3.05) is 5.32 Å². The smallest absolute Gasteiger partial charge is 0.226 e. The minimum Gasteiger partial charge on any atom is -0.445 e. The molecule has 0 bridgehead atoms. The van der Waals surface area contributed by atoms with Gasteiger partial charge in [0.25, 0.3) is 0 Å². The van der Waals surface area contributed by atoms with Gasteiger partial charge in [-0.2, -0.15) is 0 Å². The first-order chi connectivity index (χ1) is 15.0. The highest BCUT2D eigenvalue weighted by molar-refractivity contribution is 8.00. The fourth-order valence-electron chi connectivity index (χ4n) is 2.87. The van der Waals surface area contributed by atoms with Crippen LogP contribution in [0.1, 0.15) is 42.9 Å². The summed E-state index contributed by atoms with van der Waals surface area (Å²) >= 11 is 3.23. The van der Waals surface area contributed by atoms with E-state index >= 15 is 0 Å². The zero-order valence-corrected chi connectivity index (χ0v) is 19.3. The summed E-state index contributed by atoms with van der Waals surface area (Å²) in [5.74, 6) is 4.09. The Bertz CT molecular complexity index is 1160. The average Bonchev–Trinajstić information content (AvgIpc) is 3.48. The third-order valence-corrected chi connectivity index (χ3v) is 6.63. The second kappa shape index (κ2) is 9.53. The molecule has 6 nitrogen and oxygen atoms in total. The molecule has 0 aliphatic carbocycles. The Balaban J connectivity index is 1.32. The number of allylic oxidation sites excluding steroid dienone is 1. The van der Waals surface area contributed by atoms with Gasteiger partial charge in [0.1, 0.15) is 11.5 Å². The van der Waals surface area contributed by atoms with Gasteiger partial charge in [0, 0.05) is 23.6 Å². The summed E-state index contributed by atoms with van der Waals surface area (Å²) in [6.07, 6.45) is 4.23. The average molecular weight is 453 g/mol. The second-order valence-corrected chi connectivity index (χ2v) is 9.68. The lowest BCUT2D eigenvalue weighted by Crippen LogP contribution is -2.02. The van der Waals surface area contributed by atoms with Crippen LogP contribution >= 0.6 is 23.1 Å². The number of rotatable bonds is 9. The van der Waals surface area contributed by atoms with Crippen molar-refractivity contribution in [2.45, 2.75) is 43.1 Å². The molecule has 0 saturated carbocycles. The van der Waals surface area contributed by atoms with Crippen LogP contribution in [-0.4, -0.2) is 15.0 Å². The van der Waals surface area contributed by atoms with Crippen molar-refractivity contribution >= 4 is 28.2 Å². The van der Waals surface area contributed by atoms with E-state index in [4.69, 9.17) is 8.83 Å². The Labute approximate surface area is 189 Å². The van der Waals surface area contributed by atoms with Gasteiger partial charge in [0.2, 0.25) is 11.8 Å². The minimum atomic E-state index is 0.341. The maximum atomic E-state index is 5.84. The molecule has 1 aromatic carbocycles. The third kappa shape index (κ3) is 5.45. The van der Waals surface area contributed by atoms with E-state index in [0.29, 0.717) is 24.0 Å². The normalized spacial score (nSPS) is 11.2. The lowest BCUT2D eigenvalue weighted by atomic mass is 10.2. The molecule has 0 fully saturated rings. The molecule has 8 heteroatoms. The number of hydrogen-bond donors (Lipinski definition) is 1. The van der Waals surface area contributed by atoms with Gasteiger partial charge in [-0.25, -0.2) is 15.0 Å². The van der Waals surface area contributed by atoms with Crippen molar-refractivity contribution in [1.29, 1.82) is 0 Å². The van der Waals surface area contributed by atoms with Crippen LogP contribution < -0.4 is 5.32 Å². The van der Waals surface area contributed by atoms with Crippen LogP contribution in [0.15, 0.2) is 68.0 Å². The molecule has 1 N–H and O–H groups in total. The summed E-state index contributed by atoms with van der Waals surface area (Å²) in [5.41, 5.74) is 2.65. The summed E-state index contributed by atoms with van der Waals surface area (Å²) in [6.45, 7) is 10.2. The number of aryl methyl sites for hydroxylation is 1. The molecule has 0 amide bonds. The van der Waals surface area contributed by atoms with E-state index in [1.807, 2.05) is 43.5 Å². The molecular formula is C23H24N4O2S2. The number of nitrogens with one attached hydrogen (secondary N) is 1. The van der Waals surface area contributed by atoms with Gasteiger partial charge in [-0.15, -0.1) is 11.8 Å². The van der Waals surface area contributed by atoms with Crippen LogP contribution in [0.4, 0.5) is 5.13 Å². The summed E-state index contributed by atoms with van der Waals surface area (Å²) in [5, 5.41) is 4.08. The van der Waals surface area contributed by atoms with Crippen LogP contribution in [0, 0.1) is 6.92 Å². The molecule has 0 spiro atoms. The van der Waals surface area contributed by atoms with Crippen molar-refractivity contribution in [3.8, 4) is 11.5 Å². The maximum absolute atomic E-state index is 5.84. The fraction of sp³-hybridized carbons (Fsp3) is 0.261. The van der Waals surface area contributed by atoms with Crippen LogP contribution in [0.25, 0.3) is 11.5 Å².